The van der Waals surface area contributed by atoms with E-state index in [0.29, 0.717) is 12.5 Å². The maximum atomic E-state index is 9.79. The van der Waals surface area contributed by atoms with Gasteiger partial charge in [0.05, 0.1) is 5.60 Å². The third kappa shape index (κ3) is 2.04. The van der Waals surface area contributed by atoms with Gasteiger partial charge in [-0.1, -0.05) is 12.2 Å². The van der Waals surface area contributed by atoms with Crippen LogP contribution in [0, 0.1) is 5.92 Å². The SMILES string of the molecule is CC(O)(CN)C1CC=CCC1. The summed E-state index contributed by atoms with van der Waals surface area (Å²) >= 11 is 0. The summed E-state index contributed by atoms with van der Waals surface area (Å²) in [5.74, 6) is 0.359. The van der Waals surface area contributed by atoms with Crippen LogP contribution in [-0.4, -0.2) is 17.3 Å². The van der Waals surface area contributed by atoms with Crippen molar-refractivity contribution in [2.24, 2.45) is 11.7 Å². The number of nitrogens with two attached hydrogens (primary N) is 1. The first-order valence-electron chi connectivity index (χ1n) is 4.24. The van der Waals surface area contributed by atoms with Crippen LogP contribution in [0.25, 0.3) is 0 Å². The Balaban J connectivity index is 2.52. The van der Waals surface area contributed by atoms with Gasteiger partial charge in [0.25, 0.3) is 0 Å². The molecule has 0 radical (unpaired) electrons. The van der Waals surface area contributed by atoms with Crippen LogP contribution >= 0.6 is 0 Å². The second kappa shape index (κ2) is 3.37. The van der Waals surface area contributed by atoms with Gasteiger partial charge >= 0.3 is 0 Å². The molecular formula is C9H17NO. The van der Waals surface area contributed by atoms with E-state index in [1.165, 1.54) is 0 Å². The molecule has 0 fully saturated rings. The van der Waals surface area contributed by atoms with Crippen LogP contribution in [0.1, 0.15) is 26.2 Å². The summed E-state index contributed by atoms with van der Waals surface area (Å²) in [6.07, 6.45) is 7.44. The number of rotatable bonds is 2. The zero-order valence-corrected chi connectivity index (χ0v) is 7.09. The van der Waals surface area contributed by atoms with E-state index in [2.05, 4.69) is 12.2 Å². The maximum absolute atomic E-state index is 9.79. The molecule has 0 aromatic carbocycles. The molecule has 0 amide bonds. The van der Waals surface area contributed by atoms with Crippen LogP contribution < -0.4 is 5.73 Å². The average Bonchev–Trinajstić information content (AvgIpc) is 2.06. The Labute approximate surface area is 68.1 Å². The molecule has 1 aliphatic carbocycles. The molecule has 0 aliphatic heterocycles. The lowest BCUT2D eigenvalue weighted by molar-refractivity contribution is 0.00371. The molecule has 2 nitrogen and oxygen atoms in total. The van der Waals surface area contributed by atoms with Crippen molar-refractivity contribution in [2.45, 2.75) is 31.8 Å². The van der Waals surface area contributed by atoms with Crippen molar-refractivity contribution in [1.29, 1.82) is 0 Å². The third-order valence-corrected chi connectivity index (χ3v) is 2.56. The molecule has 1 aliphatic rings. The Bertz CT molecular complexity index is 152. The van der Waals surface area contributed by atoms with Crippen LogP contribution in [0.3, 0.4) is 0 Å². The molecule has 2 atom stereocenters. The first-order valence-corrected chi connectivity index (χ1v) is 4.24. The van der Waals surface area contributed by atoms with E-state index in [-0.39, 0.29) is 0 Å². The van der Waals surface area contributed by atoms with Crippen LogP contribution in [0.2, 0.25) is 0 Å². The lowest BCUT2D eigenvalue weighted by Gasteiger charge is -2.32. The van der Waals surface area contributed by atoms with Gasteiger partial charge in [-0.2, -0.15) is 0 Å². The first kappa shape index (κ1) is 8.75. The molecule has 2 unspecified atom stereocenters. The fraction of sp³-hybridized carbons (Fsp3) is 0.778. The quantitative estimate of drug-likeness (QED) is 0.585. The minimum atomic E-state index is -0.662. The molecule has 3 N–H and O–H groups in total. The van der Waals surface area contributed by atoms with E-state index in [1.54, 1.807) is 0 Å². The molecule has 0 aromatic heterocycles. The normalized spacial score (nSPS) is 29.9. The van der Waals surface area contributed by atoms with E-state index in [1.807, 2.05) is 6.92 Å². The average molecular weight is 155 g/mol. The van der Waals surface area contributed by atoms with Crippen molar-refractivity contribution < 1.29 is 5.11 Å². The topological polar surface area (TPSA) is 46.2 Å². The van der Waals surface area contributed by atoms with Crippen LogP contribution in [0.5, 0.6) is 0 Å². The van der Waals surface area contributed by atoms with Gasteiger partial charge in [-0.05, 0) is 32.1 Å². The molecule has 0 saturated heterocycles. The van der Waals surface area contributed by atoms with Gasteiger partial charge in [0.1, 0.15) is 0 Å². The molecule has 0 saturated carbocycles. The minimum Gasteiger partial charge on any atom is -0.389 e. The van der Waals surface area contributed by atoms with Crippen molar-refractivity contribution >= 4 is 0 Å². The molecule has 0 spiro atoms. The van der Waals surface area contributed by atoms with Gasteiger partial charge < -0.3 is 10.8 Å². The summed E-state index contributed by atoms with van der Waals surface area (Å²) < 4.78 is 0. The molecule has 11 heavy (non-hydrogen) atoms. The molecule has 1 rings (SSSR count). The largest absolute Gasteiger partial charge is 0.389 e. The van der Waals surface area contributed by atoms with Crippen LogP contribution in [0.15, 0.2) is 12.2 Å². The summed E-state index contributed by atoms with van der Waals surface area (Å²) in [5.41, 5.74) is 4.80. The fourth-order valence-corrected chi connectivity index (χ4v) is 1.53. The second-order valence-electron chi connectivity index (χ2n) is 3.54. The Morgan fingerprint density at radius 1 is 1.64 bits per heavy atom. The molecule has 2 heteroatoms. The van der Waals surface area contributed by atoms with Gasteiger partial charge in [0.15, 0.2) is 0 Å². The maximum Gasteiger partial charge on any atom is 0.0772 e. The van der Waals surface area contributed by atoms with E-state index >= 15 is 0 Å². The van der Waals surface area contributed by atoms with Gasteiger partial charge in [-0.3, -0.25) is 0 Å². The van der Waals surface area contributed by atoms with Crippen molar-refractivity contribution in [3.8, 4) is 0 Å². The van der Waals surface area contributed by atoms with Crippen molar-refractivity contribution in [2.75, 3.05) is 6.54 Å². The highest BCUT2D eigenvalue weighted by Gasteiger charge is 2.29. The van der Waals surface area contributed by atoms with Gasteiger partial charge in [-0.25, -0.2) is 0 Å². The van der Waals surface area contributed by atoms with Gasteiger partial charge in [0.2, 0.25) is 0 Å². The Morgan fingerprint density at radius 2 is 2.36 bits per heavy atom. The highest BCUT2D eigenvalue weighted by Crippen LogP contribution is 2.28. The highest BCUT2D eigenvalue weighted by molar-refractivity contribution is 4.96. The third-order valence-electron chi connectivity index (χ3n) is 2.56. The van der Waals surface area contributed by atoms with Crippen LogP contribution in [-0.2, 0) is 0 Å². The predicted octanol–water partition coefficient (Wildman–Crippen LogP) is 1.05. The van der Waals surface area contributed by atoms with E-state index in [0.717, 1.165) is 19.3 Å². The molecule has 0 aromatic rings. The summed E-state index contributed by atoms with van der Waals surface area (Å²) in [6.45, 7) is 2.20. The standard InChI is InChI=1S/C9H17NO/c1-9(11,7-10)8-5-3-2-4-6-8/h2-3,8,11H,4-7,10H2,1H3. The predicted molar refractivity (Wildman–Crippen MR) is 46.2 cm³/mol. The number of aliphatic hydroxyl groups is 1. The first-order chi connectivity index (χ1) is 5.17. The molecular weight excluding hydrogens is 138 g/mol. The summed E-state index contributed by atoms with van der Waals surface area (Å²) in [5, 5.41) is 9.79. The lowest BCUT2D eigenvalue weighted by Crippen LogP contribution is -2.42. The summed E-state index contributed by atoms with van der Waals surface area (Å²) in [4.78, 5) is 0. The molecule has 64 valence electrons. The van der Waals surface area contributed by atoms with Crippen molar-refractivity contribution in [1.82, 2.24) is 0 Å². The van der Waals surface area contributed by atoms with Crippen molar-refractivity contribution in [3.63, 3.8) is 0 Å². The zero-order chi connectivity index (χ0) is 8.32. The van der Waals surface area contributed by atoms with E-state index in [9.17, 15) is 5.11 Å². The van der Waals surface area contributed by atoms with Crippen LogP contribution in [0.4, 0.5) is 0 Å². The molecule has 0 bridgehead atoms. The summed E-state index contributed by atoms with van der Waals surface area (Å²) in [6, 6.07) is 0. The van der Waals surface area contributed by atoms with Gasteiger partial charge in [0, 0.05) is 6.54 Å². The van der Waals surface area contributed by atoms with E-state index in [4.69, 9.17) is 5.73 Å². The smallest absolute Gasteiger partial charge is 0.0772 e. The number of hydrogen-bond acceptors (Lipinski definition) is 2. The lowest BCUT2D eigenvalue weighted by atomic mass is 9.81. The fourth-order valence-electron chi connectivity index (χ4n) is 1.53. The highest BCUT2D eigenvalue weighted by atomic mass is 16.3. The number of hydrogen-bond donors (Lipinski definition) is 2. The van der Waals surface area contributed by atoms with Crippen molar-refractivity contribution in [3.05, 3.63) is 12.2 Å². The molecule has 0 heterocycles. The summed E-state index contributed by atoms with van der Waals surface area (Å²) in [7, 11) is 0. The number of allylic oxidation sites excluding steroid dienone is 2. The monoisotopic (exact) mass is 155 g/mol. The zero-order valence-electron chi connectivity index (χ0n) is 7.09. The Hall–Kier alpha value is -0.340. The van der Waals surface area contributed by atoms with Gasteiger partial charge in [-0.15, -0.1) is 0 Å². The van der Waals surface area contributed by atoms with E-state index < -0.39 is 5.60 Å². The second-order valence-corrected chi connectivity index (χ2v) is 3.54. The minimum absolute atomic E-state index is 0.359. The Kier molecular flexibility index (Phi) is 2.68. The Morgan fingerprint density at radius 3 is 2.82 bits per heavy atom.